The van der Waals surface area contributed by atoms with Crippen LogP contribution in [0.15, 0.2) is 36.4 Å². The molecule has 0 bridgehead atoms. The van der Waals surface area contributed by atoms with Crippen molar-refractivity contribution in [3.63, 3.8) is 0 Å². The summed E-state index contributed by atoms with van der Waals surface area (Å²) in [6.45, 7) is 0.354. The van der Waals surface area contributed by atoms with Gasteiger partial charge in [-0.3, -0.25) is 0 Å². The van der Waals surface area contributed by atoms with Crippen LogP contribution in [-0.4, -0.2) is 39.2 Å². The molecule has 5 heteroatoms. The predicted octanol–water partition coefficient (Wildman–Crippen LogP) is 2.18. The molecule has 2 nitrogen and oxygen atoms in total. The average molecular weight is 402 g/mol. The molecule has 3 aromatic rings. The number of rotatable bonds is 4. The van der Waals surface area contributed by atoms with E-state index in [1.807, 2.05) is 23.5 Å². The van der Waals surface area contributed by atoms with Gasteiger partial charge in [-0.15, -0.1) is 0 Å². The average Bonchev–Trinajstić information content (AvgIpc) is 3.16. The topological polar surface area (TPSA) is 40.5 Å². The number of hydrogen-bond acceptors (Lipinski definition) is 3. The summed E-state index contributed by atoms with van der Waals surface area (Å²) in [5.74, 6) is 0. The Morgan fingerprint density at radius 1 is 0.737 bits per heavy atom. The summed E-state index contributed by atoms with van der Waals surface area (Å²) in [4.78, 5) is 2.62. The molecule has 0 aliphatic heterocycles. The molecule has 0 aromatic carbocycles. The molecule has 3 aromatic heterocycles. The van der Waals surface area contributed by atoms with E-state index in [-0.39, 0.29) is 42.2 Å². The van der Waals surface area contributed by atoms with E-state index in [9.17, 15) is 0 Å². The minimum atomic E-state index is 0.177. The van der Waals surface area contributed by atoms with Crippen molar-refractivity contribution in [1.29, 1.82) is 0 Å². The molecule has 2 N–H and O–H groups in total. The molecule has 19 heavy (non-hydrogen) atoms. The second-order valence-electron chi connectivity index (χ2n) is 4.01. The van der Waals surface area contributed by atoms with Crippen LogP contribution in [0.25, 0.3) is 18.6 Å². The number of aliphatic hydroxyl groups excluding tert-OH is 2. The Hall–Kier alpha value is -0.381. The van der Waals surface area contributed by atoms with E-state index < -0.39 is 0 Å². The standard InChI is InChI=1S/C14H12O2SSe2/c15-7-9-1-5-13(18-9)11-3-4-12(17-11)14-6-2-10(8-16)19-14/h1-6,15-16H,7-8H2. The summed E-state index contributed by atoms with van der Waals surface area (Å²) in [7, 11) is 0. The first-order valence-electron chi connectivity index (χ1n) is 5.80. The van der Waals surface area contributed by atoms with Crippen LogP contribution in [0.5, 0.6) is 0 Å². The quantitative estimate of drug-likeness (QED) is 0.657. The third kappa shape index (κ3) is 2.88. The fourth-order valence-corrected chi connectivity index (χ4v) is 6.90. The molecule has 0 unspecified atom stereocenters. The van der Waals surface area contributed by atoms with Gasteiger partial charge in [0.15, 0.2) is 0 Å². The summed E-state index contributed by atoms with van der Waals surface area (Å²) in [6.07, 6.45) is 0. The summed E-state index contributed by atoms with van der Waals surface area (Å²) >= 11 is 2.37. The molecule has 0 fully saturated rings. The van der Waals surface area contributed by atoms with E-state index in [0.29, 0.717) is 0 Å². The molecule has 0 saturated heterocycles. The molecule has 3 rings (SSSR count). The van der Waals surface area contributed by atoms with E-state index in [0.717, 1.165) is 8.87 Å². The SMILES string of the molecule is OCc1ccc(-c2ccc(-c3ccc(CO)[se]3)s2)[se]1. The Labute approximate surface area is 127 Å². The van der Waals surface area contributed by atoms with E-state index in [1.54, 1.807) is 0 Å². The zero-order valence-corrected chi connectivity index (χ0v) is 14.2. The molecule has 0 radical (unpaired) electrons. The van der Waals surface area contributed by atoms with Crippen LogP contribution in [-0.2, 0) is 13.2 Å². The molecule has 0 amide bonds. The van der Waals surface area contributed by atoms with Gasteiger partial charge in [0, 0.05) is 0 Å². The number of hydrogen-bond donors (Lipinski definition) is 2. The first kappa shape index (κ1) is 13.6. The molecule has 0 spiro atoms. The van der Waals surface area contributed by atoms with E-state index in [4.69, 9.17) is 10.2 Å². The molecule has 98 valence electrons. The predicted molar refractivity (Wildman–Crippen MR) is 80.9 cm³/mol. The normalized spacial score (nSPS) is 11.1. The summed E-state index contributed by atoms with van der Waals surface area (Å²) < 4.78 is 5.00. The van der Waals surface area contributed by atoms with Gasteiger partial charge in [-0.05, 0) is 0 Å². The van der Waals surface area contributed by atoms with Crippen molar-refractivity contribution in [1.82, 2.24) is 0 Å². The zero-order valence-electron chi connectivity index (χ0n) is 10.00. The number of aliphatic hydroxyl groups is 2. The summed E-state index contributed by atoms with van der Waals surface area (Å²) in [6, 6.07) is 12.7. The van der Waals surface area contributed by atoms with Crippen molar-refractivity contribution >= 4 is 40.3 Å². The first-order valence-corrected chi connectivity index (χ1v) is 10.0. The third-order valence-corrected chi connectivity index (χ3v) is 9.09. The van der Waals surface area contributed by atoms with Gasteiger partial charge in [0.25, 0.3) is 0 Å². The number of thiophene rings is 1. The van der Waals surface area contributed by atoms with Gasteiger partial charge in [0.1, 0.15) is 0 Å². The Bertz CT molecular complexity index is 624. The van der Waals surface area contributed by atoms with Crippen molar-refractivity contribution < 1.29 is 10.2 Å². The molecule has 3 heterocycles. The van der Waals surface area contributed by atoms with Gasteiger partial charge >= 0.3 is 128 Å². The van der Waals surface area contributed by atoms with Crippen LogP contribution in [0.4, 0.5) is 0 Å². The zero-order chi connectivity index (χ0) is 13.2. The van der Waals surface area contributed by atoms with Gasteiger partial charge in [0.05, 0.1) is 0 Å². The maximum atomic E-state index is 9.15. The molecular weight excluding hydrogens is 390 g/mol. The van der Waals surface area contributed by atoms with Crippen LogP contribution in [0, 0.1) is 0 Å². The maximum absolute atomic E-state index is 9.15. The fourth-order valence-electron chi connectivity index (χ4n) is 1.79. The third-order valence-electron chi connectivity index (χ3n) is 2.73. The van der Waals surface area contributed by atoms with Crippen LogP contribution in [0.3, 0.4) is 0 Å². The fraction of sp³-hybridized carbons (Fsp3) is 0.143. The van der Waals surface area contributed by atoms with Crippen LogP contribution in [0.2, 0.25) is 0 Å². The van der Waals surface area contributed by atoms with Gasteiger partial charge in [-0.25, -0.2) is 0 Å². The van der Waals surface area contributed by atoms with Crippen molar-refractivity contribution in [3.8, 4) is 18.6 Å². The Kier molecular flexibility index (Phi) is 4.25. The molecule has 0 aliphatic rings. The van der Waals surface area contributed by atoms with Gasteiger partial charge in [0.2, 0.25) is 0 Å². The molecule has 0 atom stereocenters. The summed E-state index contributed by atoms with van der Waals surface area (Å²) in [5, 5.41) is 18.3. The van der Waals surface area contributed by atoms with Crippen LogP contribution in [0.1, 0.15) is 8.87 Å². The second-order valence-corrected chi connectivity index (χ2v) is 10.00. The Balaban J connectivity index is 1.90. The first-order chi connectivity index (χ1) is 9.30. The molecule has 0 aliphatic carbocycles. The Morgan fingerprint density at radius 2 is 1.21 bits per heavy atom. The van der Waals surface area contributed by atoms with Crippen molar-refractivity contribution in [3.05, 3.63) is 45.3 Å². The van der Waals surface area contributed by atoms with Gasteiger partial charge < -0.3 is 0 Å². The van der Waals surface area contributed by atoms with E-state index in [1.165, 1.54) is 18.6 Å². The Morgan fingerprint density at radius 3 is 1.58 bits per heavy atom. The van der Waals surface area contributed by atoms with E-state index >= 15 is 0 Å². The van der Waals surface area contributed by atoms with Gasteiger partial charge in [-0.1, -0.05) is 0 Å². The second kappa shape index (κ2) is 5.94. The van der Waals surface area contributed by atoms with Crippen molar-refractivity contribution in [2.75, 3.05) is 0 Å². The van der Waals surface area contributed by atoms with Crippen LogP contribution >= 0.6 is 11.3 Å². The van der Waals surface area contributed by atoms with E-state index in [2.05, 4.69) is 24.3 Å². The summed E-state index contributed by atoms with van der Waals surface area (Å²) in [5.41, 5.74) is 0. The van der Waals surface area contributed by atoms with Crippen molar-refractivity contribution in [2.24, 2.45) is 0 Å². The minimum absolute atomic E-state index is 0.177. The van der Waals surface area contributed by atoms with Crippen LogP contribution < -0.4 is 0 Å². The molecular formula is C14H12O2SSe2. The van der Waals surface area contributed by atoms with Crippen molar-refractivity contribution in [2.45, 2.75) is 13.2 Å². The monoisotopic (exact) mass is 404 g/mol. The van der Waals surface area contributed by atoms with Gasteiger partial charge in [-0.2, -0.15) is 0 Å². The molecule has 0 saturated carbocycles.